The summed E-state index contributed by atoms with van der Waals surface area (Å²) in [6.07, 6.45) is 8.44. The fourth-order valence-electron chi connectivity index (χ4n) is 6.04. The van der Waals surface area contributed by atoms with E-state index >= 15 is 0 Å². The van der Waals surface area contributed by atoms with E-state index in [1.54, 1.807) is 7.11 Å². The molecule has 0 N–H and O–H groups in total. The third-order valence-electron chi connectivity index (χ3n) is 7.05. The molecular formula is C19H23NO3. The predicted molar refractivity (Wildman–Crippen MR) is 85.4 cm³/mol. The summed E-state index contributed by atoms with van der Waals surface area (Å²) in [6, 6.07) is 0.507. The highest BCUT2D eigenvalue weighted by Crippen LogP contribution is 2.67. The lowest BCUT2D eigenvalue weighted by Gasteiger charge is -2.59. The summed E-state index contributed by atoms with van der Waals surface area (Å²) in [5.74, 6) is 3.11. The Labute approximate surface area is 136 Å². The van der Waals surface area contributed by atoms with Crippen LogP contribution >= 0.6 is 0 Å². The molecule has 0 amide bonds. The van der Waals surface area contributed by atoms with Crippen molar-refractivity contribution in [3.05, 3.63) is 35.3 Å². The monoisotopic (exact) mass is 313 g/mol. The number of rotatable bonds is 1. The van der Waals surface area contributed by atoms with Gasteiger partial charge in [-0.1, -0.05) is 12.2 Å². The first kappa shape index (κ1) is 13.8. The molecule has 5 rings (SSSR count). The number of Topliss-reactive ketones (excluding diaryl/α,β-unsaturated/α-hetero) is 1. The van der Waals surface area contributed by atoms with Crippen molar-refractivity contribution in [3.63, 3.8) is 0 Å². The lowest BCUT2D eigenvalue weighted by Crippen LogP contribution is -2.65. The van der Waals surface area contributed by atoms with E-state index in [0.29, 0.717) is 23.8 Å². The molecule has 2 saturated heterocycles. The molecule has 0 aromatic heterocycles. The van der Waals surface area contributed by atoms with Crippen molar-refractivity contribution in [1.29, 1.82) is 0 Å². The highest BCUT2D eigenvalue weighted by Gasteiger charge is 2.70. The summed E-state index contributed by atoms with van der Waals surface area (Å²) in [4.78, 5) is 15.4. The van der Waals surface area contributed by atoms with Gasteiger partial charge < -0.3 is 14.4 Å². The fourth-order valence-corrected chi connectivity index (χ4v) is 6.04. The second-order valence-corrected chi connectivity index (χ2v) is 7.82. The molecule has 5 aliphatic rings. The van der Waals surface area contributed by atoms with Crippen molar-refractivity contribution in [2.75, 3.05) is 20.7 Å². The molecule has 0 aromatic rings. The van der Waals surface area contributed by atoms with Gasteiger partial charge in [-0.25, -0.2) is 0 Å². The zero-order valence-electron chi connectivity index (χ0n) is 13.9. The Hall–Kier alpha value is -1.55. The number of ether oxygens (including phenoxy) is 2. The molecule has 0 aromatic carbocycles. The van der Waals surface area contributed by atoms with Crippen molar-refractivity contribution < 1.29 is 14.3 Å². The quantitative estimate of drug-likeness (QED) is 0.744. The Morgan fingerprint density at radius 2 is 2.26 bits per heavy atom. The minimum Gasteiger partial charge on any atom is -0.493 e. The highest BCUT2D eigenvalue weighted by molar-refractivity contribution is 6.00. The molecule has 122 valence electrons. The van der Waals surface area contributed by atoms with E-state index in [4.69, 9.17) is 9.47 Å². The average Bonchev–Trinajstić information content (AvgIpc) is 2.89. The average molecular weight is 313 g/mol. The summed E-state index contributed by atoms with van der Waals surface area (Å²) >= 11 is 0. The number of carbonyl (C=O) groups excluding carboxylic acids is 1. The van der Waals surface area contributed by atoms with Crippen LogP contribution in [0.5, 0.6) is 0 Å². The number of hydrogen-bond acceptors (Lipinski definition) is 4. The zero-order chi connectivity index (χ0) is 15.9. The van der Waals surface area contributed by atoms with E-state index in [0.717, 1.165) is 36.5 Å². The summed E-state index contributed by atoms with van der Waals surface area (Å²) in [5, 5.41) is 0. The van der Waals surface area contributed by atoms with E-state index in [1.165, 1.54) is 0 Å². The first-order valence-corrected chi connectivity index (χ1v) is 8.64. The zero-order valence-corrected chi connectivity index (χ0v) is 13.9. The Morgan fingerprint density at radius 1 is 1.43 bits per heavy atom. The van der Waals surface area contributed by atoms with E-state index in [9.17, 15) is 4.79 Å². The van der Waals surface area contributed by atoms with E-state index in [1.807, 2.05) is 13.0 Å². The molecule has 1 saturated carbocycles. The third kappa shape index (κ3) is 1.44. The van der Waals surface area contributed by atoms with Crippen LogP contribution < -0.4 is 0 Å². The molecule has 2 unspecified atom stereocenters. The number of nitrogens with zero attached hydrogens (tertiary/aromatic N) is 1. The van der Waals surface area contributed by atoms with Crippen molar-refractivity contribution in [3.8, 4) is 0 Å². The van der Waals surface area contributed by atoms with Gasteiger partial charge in [-0.3, -0.25) is 4.79 Å². The number of likely N-dealkylation sites (tertiary alicyclic amines) is 1. The number of piperidine rings is 1. The van der Waals surface area contributed by atoms with Crippen molar-refractivity contribution in [2.45, 2.75) is 31.9 Å². The van der Waals surface area contributed by atoms with Gasteiger partial charge in [0.2, 0.25) is 0 Å². The normalized spacial score (nSPS) is 47.2. The number of allylic oxidation sites excluding steroid dienone is 3. The van der Waals surface area contributed by atoms with Crippen LogP contribution in [0.15, 0.2) is 35.3 Å². The van der Waals surface area contributed by atoms with Gasteiger partial charge in [0.25, 0.3) is 0 Å². The molecule has 1 spiro atoms. The Bertz CT molecular complexity index is 691. The number of hydrogen-bond donors (Lipinski definition) is 0. The topological polar surface area (TPSA) is 38.8 Å². The van der Waals surface area contributed by atoms with Gasteiger partial charge in [-0.2, -0.15) is 0 Å². The molecule has 2 heterocycles. The predicted octanol–water partition coefficient (Wildman–Crippen LogP) is 2.28. The number of methoxy groups -OCH3 is 1. The van der Waals surface area contributed by atoms with Crippen LogP contribution in [0.3, 0.4) is 0 Å². The van der Waals surface area contributed by atoms with Crippen molar-refractivity contribution in [1.82, 2.24) is 4.90 Å². The number of carbonyl (C=O) groups is 1. The SMILES string of the molecule is COC1=C2O[C@H]3C(=O)C(C)=C[C@H]4[C@H]5CC(C=C1)C2[C@@]34CCN5C. The fraction of sp³-hybridized carbons (Fsp3) is 0.632. The molecule has 4 heteroatoms. The van der Waals surface area contributed by atoms with E-state index in [-0.39, 0.29) is 17.3 Å². The van der Waals surface area contributed by atoms with E-state index < -0.39 is 0 Å². The molecule has 2 bridgehead atoms. The molecule has 0 radical (unpaired) electrons. The smallest absolute Gasteiger partial charge is 0.199 e. The molecule has 2 aliphatic heterocycles. The minimum atomic E-state index is -0.318. The summed E-state index contributed by atoms with van der Waals surface area (Å²) in [5.41, 5.74) is 0.807. The summed E-state index contributed by atoms with van der Waals surface area (Å²) < 4.78 is 11.9. The van der Waals surface area contributed by atoms with Crippen LogP contribution in [0.25, 0.3) is 0 Å². The minimum absolute atomic E-state index is 0.0689. The Morgan fingerprint density at radius 3 is 3.04 bits per heavy atom. The van der Waals surface area contributed by atoms with Crippen LogP contribution in [0, 0.1) is 23.2 Å². The second kappa shape index (κ2) is 4.29. The van der Waals surface area contributed by atoms with Gasteiger partial charge in [0.05, 0.1) is 7.11 Å². The summed E-state index contributed by atoms with van der Waals surface area (Å²) in [6.45, 7) is 3.00. The third-order valence-corrected chi connectivity index (χ3v) is 7.05. The van der Waals surface area contributed by atoms with Crippen molar-refractivity contribution in [2.24, 2.45) is 23.2 Å². The van der Waals surface area contributed by atoms with Crippen LogP contribution in [-0.2, 0) is 14.3 Å². The van der Waals surface area contributed by atoms with Crippen LogP contribution in [-0.4, -0.2) is 43.5 Å². The molecule has 23 heavy (non-hydrogen) atoms. The standard InChI is InChI=1S/C19H23NO3/c1-10-8-12-13-9-11-4-5-14(22-3)17-15(11)19(12,6-7-20(13)2)18(23-17)16(10)21/h4-5,8,11-13,15,18H,6-7,9H2,1-3H3/t11?,12-,13+,15?,18-,19-/m0/s1. The van der Waals surface area contributed by atoms with Gasteiger partial charge in [0.15, 0.2) is 17.6 Å². The van der Waals surface area contributed by atoms with Gasteiger partial charge in [-0.15, -0.1) is 0 Å². The van der Waals surface area contributed by atoms with Crippen LogP contribution in [0.1, 0.15) is 19.8 Å². The summed E-state index contributed by atoms with van der Waals surface area (Å²) in [7, 11) is 3.92. The molecule has 3 fully saturated rings. The largest absolute Gasteiger partial charge is 0.493 e. The van der Waals surface area contributed by atoms with Gasteiger partial charge in [0, 0.05) is 23.3 Å². The molecule has 3 aliphatic carbocycles. The van der Waals surface area contributed by atoms with Gasteiger partial charge in [-0.05, 0) is 50.9 Å². The van der Waals surface area contributed by atoms with Gasteiger partial charge >= 0.3 is 0 Å². The highest BCUT2D eigenvalue weighted by atomic mass is 16.5. The first-order chi connectivity index (χ1) is 11.1. The molecule has 6 atom stereocenters. The Balaban J connectivity index is 1.76. The van der Waals surface area contributed by atoms with Crippen molar-refractivity contribution >= 4 is 5.78 Å². The Kier molecular flexibility index (Phi) is 2.59. The molecule has 4 nitrogen and oxygen atoms in total. The first-order valence-electron chi connectivity index (χ1n) is 8.64. The van der Waals surface area contributed by atoms with Gasteiger partial charge in [0.1, 0.15) is 5.76 Å². The van der Waals surface area contributed by atoms with Crippen LogP contribution in [0.4, 0.5) is 0 Å². The van der Waals surface area contributed by atoms with Crippen LogP contribution in [0.2, 0.25) is 0 Å². The maximum absolute atomic E-state index is 12.9. The molecular weight excluding hydrogens is 290 g/mol. The number of ketones is 1. The van der Waals surface area contributed by atoms with E-state index in [2.05, 4.69) is 24.1 Å². The maximum atomic E-state index is 12.9. The lowest BCUT2D eigenvalue weighted by molar-refractivity contribution is -0.142. The lowest BCUT2D eigenvalue weighted by atomic mass is 9.47. The maximum Gasteiger partial charge on any atom is 0.199 e. The second-order valence-electron chi connectivity index (χ2n) is 7.82.